The Kier molecular flexibility index (Phi) is 5.78. The minimum atomic E-state index is -0.216. The highest BCUT2D eigenvalue weighted by atomic mass is 19.1. The second-order valence-electron chi connectivity index (χ2n) is 4.34. The van der Waals surface area contributed by atoms with Crippen LogP contribution >= 0.6 is 0 Å². The van der Waals surface area contributed by atoms with E-state index < -0.39 is 0 Å². The molecule has 0 saturated carbocycles. The van der Waals surface area contributed by atoms with Crippen molar-refractivity contribution in [3.63, 3.8) is 0 Å². The molecule has 0 aliphatic heterocycles. The zero-order chi connectivity index (χ0) is 13.5. The van der Waals surface area contributed by atoms with Gasteiger partial charge in [0.1, 0.15) is 5.82 Å². The topological polar surface area (TPSA) is 32.3 Å². The molecule has 0 spiro atoms. The minimum Gasteiger partial charge on any atom is -0.355 e. The van der Waals surface area contributed by atoms with E-state index in [0.717, 1.165) is 18.7 Å². The Labute approximate surface area is 108 Å². The van der Waals surface area contributed by atoms with E-state index in [0.29, 0.717) is 6.54 Å². The van der Waals surface area contributed by atoms with Crippen LogP contribution in [0.5, 0.6) is 0 Å². The third-order valence-corrected chi connectivity index (χ3v) is 3.08. The summed E-state index contributed by atoms with van der Waals surface area (Å²) in [6, 6.07) is 6.78. The first-order valence-corrected chi connectivity index (χ1v) is 6.28. The highest BCUT2D eigenvalue weighted by molar-refractivity contribution is 5.72. The van der Waals surface area contributed by atoms with Crippen LogP contribution in [0.3, 0.4) is 0 Å². The molecule has 0 heterocycles. The summed E-state index contributed by atoms with van der Waals surface area (Å²) in [6.07, 6.45) is 0. The Bertz CT molecular complexity index is 378. The molecule has 1 aromatic carbocycles. The van der Waals surface area contributed by atoms with Crippen molar-refractivity contribution in [3.8, 4) is 0 Å². The van der Waals surface area contributed by atoms with E-state index >= 15 is 0 Å². The molecule has 1 atom stereocenters. The first kappa shape index (κ1) is 14.6. The van der Waals surface area contributed by atoms with E-state index in [1.807, 2.05) is 0 Å². The largest absolute Gasteiger partial charge is 0.355 e. The van der Waals surface area contributed by atoms with Gasteiger partial charge in [0, 0.05) is 26.1 Å². The van der Waals surface area contributed by atoms with Gasteiger partial charge >= 0.3 is 0 Å². The lowest BCUT2D eigenvalue weighted by Crippen LogP contribution is -2.35. The lowest BCUT2D eigenvalue weighted by Gasteiger charge is -2.28. The summed E-state index contributed by atoms with van der Waals surface area (Å²) >= 11 is 0. The zero-order valence-corrected chi connectivity index (χ0v) is 11.2. The predicted octanol–water partition coefficient (Wildman–Crippen LogP) is 2.34. The molecular weight excluding hydrogens is 231 g/mol. The number of hydrogen-bond acceptors (Lipinski definition) is 2. The number of likely N-dealkylation sites (N-methyl/N-ethyl adjacent to an activating group) is 1. The summed E-state index contributed by atoms with van der Waals surface area (Å²) in [4.78, 5) is 13.1. The van der Waals surface area contributed by atoms with Crippen molar-refractivity contribution in [3.05, 3.63) is 35.6 Å². The van der Waals surface area contributed by atoms with Gasteiger partial charge in [-0.25, -0.2) is 4.39 Å². The van der Waals surface area contributed by atoms with E-state index in [-0.39, 0.29) is 17.8 Å². The van der Waals surface area contributed by atoms with Crippen molar-refractivity contribution < 1.29 is 9.18 Å². The van der Waals surface area contributed by atoms with Gasteiger partial charge in [0.05, 0.1) is 0 Å². The normalized spacial score (nSPS) is 12.5. The Morgan fingerprint density at radius 2 is 2.00 bits per heavy atom. The van der Waals surface area contributed by atoms with Crippen molar-refractivity contribution in [2.75, 3.05) is 19.6 Å². The van der Waals surface area contributed by atoms with E-state index in [1.165, 1.54) is 19.1 Å². The van der Waals surface area contributed by atoms with Crippen molar-refractivity contribution in [2.24, 2.45) is 0 Å². The Morgan fingerprint density at radius 1 is 1.39 bits per heavy atom. The third-order valence-electron chi connectivity index (χ3n) is 3.08. The summed E-state index contributed by atoms with van der Waals surface area (Å²) < 4.78 is 12.9. The fourth-order valence-electron chi connectivity index (χ4n) is 1.95. The number of carbonyl (C=O) groups excluding carboxylic acids is 1. The van der Waals surface area contributed by atoms with Crippen LogP contribution in [0.1, 0.15) is 32.4 Å². The van der Waals surface area contributed by atoms with Crippen LogP contribution in [0.25, 0.3) is 0 Å². The standard InChI is InChI=1S/C14H21FN2O/c1-4-17(10-9-16-12(3)18)11(2)13-5-7-14(15)8-6-13/h5-8,11H,4,9-10H2,1-3H3,(H,16,18). The zero-order valence-electron chi connectivity index (χ0n) is 11.2. The fourth-order valence-corrected chi connectivity index (χ4v) is 1.95. The molecule has 1 N–H and O–H groups in total. The van der Waals surface area contributed by atoms with Gasteiger partial charge in [-0.05, 0) is 31.2 Å². The lowest BCUT2D eigenvalue weighted by atomic mass is 10.1. The number of benzene rings is 1. The van der Waals surface area contributed by atoms with Gasteiger partial charge in [0.25, 0.3) is 0 Å². The van der Waals surface area contributed by atoms with E-state index in [2.05, 4.69) is 24.1 Å². The molecular formula is C14H21FN2O. The summed E-state index contributed by atoms with van der Waals surface area (Å²) in [6.45, 7) is 7.99. The van der Waals surface area contributed by atoms with Crippen molar-refractivity contribution in [2.45, 2.75) is 26.8 Å². The monoisotopic (exact) mass is 252 g/mol. The molecule has 18 heavy (non-hydrogen) atoms. The highest BCUT2D eigenvalue weighted by Gasteiger charge is 2.13. The van der Waals surface area contributed by atoms with Gasteiger partial charge < -0.3 is 5.32 Å². The van der Waals surface area contributed by atoms with Crippen LogP contribution in [0.15, 0.2) is 24.3 Å². The van der Waals surface area contributed by atoms with Crippen LogP contribution in [0.2, 0.25) is 0 Å². The van der Waals surface area contributed by atoms with Crippen molar-refractivity contribution in [1.29, 1.82) is 0 Å². The first-order valence-electron chi connectivity index (χ1n) is 6.28. The van der Waals surface area contributed by atoms with Gasteiger partial charge in [0.15, 0.2) is 0 Å². The quantitative estimate of drug-likeness (QED) is 0.843. The molecule has 3 nitrogen and oxygen atoms in total. The molecule has 4 heteroatoms. The third kappa shape index (κ3) is 4.45. The number of rotatable bonds is 6. The summed E-state index contributed by atoms with van der Waals surface area (Å²) in [5, 5.41) is 2.79. The number of nitrogens with zero attached hydrogens (tertiary/aromatic N) is 1. The van der Waals surface area contributed by atoms with Crippen LogP contribution in [-0.2, 0) is 4.79 Å². The Balaban J connectivity index is 2.58. The van der Waals surface area contributed by atoms with Crippen LogP contribution in [0, 0.1) is 5.82 Å². The molecule has 100 valence electrons. The average molecular weight is 252 g/mol. The summed E-state index contributed by atoms with van der Waals surface area (Å²) in [7, 11) is 0. The summed E-state index contributed by atoms with van der Waals surface area (Å²) in [5.41, 5.74) is 1.08. The Hall–Kier alpha value is -1.42. The SMILES string of the molecule is CCN(CCNC(C)=O)C(C)c1ccc(F)cc1. The lowest BCUT2D eigenvalue weighted by molar-refractivity contribution is -0.119. The smallest absolute Gasteiger partial charge is 0.216 e. The molecule has 0 fully saturated rings. The van der Waals surface area contributed by atoms with E-state index in [4.69, 9.17) is 0 Å². The summed E-state index contributed by atoms with van der Waals surface area (Å²) in [5.74, 6) is -0.229. The second kappa shape index (κ2) is 7.11. The maximum Gasteiger partial charge on any atom is 0.216 e. The number of nitrogens with one attached hydrogen (secondary N) is 1. The average Bonchev–Trinajstić information content (AvgIpc) is 2.34. The van der Waals surface area contributed by atoms with E-state index in [1.54, 1.807) is 12.1 Å². The minimum absolute atomic E-state index is 0.0134. The molecule has 1 unspecified atom stereocenters. The molecule has 0 aromatic heterocycles. The van der Waals surface area contributed by atoms with Gasteiger partial charge in [-0.3, -0.25) is 9.69 Å². The molecule has 0 aliphatic rings. The van der Waals surface area contributed by atoms with Crippen LogP contribution in [-0.4, -0.2) is 30.4 Å². The maximum atomic E-state index is 12.9. The second-order valence-corrected chi connectivity index (χ2v) is 4.34. The molecule has 1 rings (SSSR count). The number of amides is 1. The van der Waals surface area contributed by atoms with Crippen LogP contribution in [0.4, 0.5) is 4.39 Å². The molecule has 0 radical (unpaired) electrons. The van der Waals surface area contributed by atoms with Crippen LogP contribution < -0.4 is 5.32 Å². The molecule has 0 aliphatic carbocycles. The van der Waals surface area contributed by atoms with Gasteiger partial charge in [-0.2, -0.15) is 0 Å². The molecule has 0 saturated heterocycles. The maximum absolute atomic E-state index is 12.9. The first-order chi connectivity index (χ1) is 8.54. The van der Waals surface area contributed by atoms with Gasteiger partial charge in [0.2, 0.25) is 5.91 Å². The molecule has 1 amide bonds. The van der Waals surface area contributed by atoms with Crippen molar-refractivity contribution >= 4 is 5.91 Å². The number of halogens is 1. The number of carbonyl (C=O) groups is 1. The van der Waals surface area contributed by atoms with Gasteiger partial charge in [-0.15, -0.1) is 0 Å². The molecule has 0 bridgehead atoms. The number of hydrogen-bond donors (Lipinski definition) is 1. The van der Waals surface area contributed by atoms with Crippen molar-refractivity contribution in [1.82, 2.24) is 10.2 Å². The fraction of sp³-hybridized carbons (Fsp3) is 0.500. The molecule has 1 aromatic rings. The van der Waals surface area contributed by atoms with E-state index in [9.17, 15) is 9.18 Å². The Morgan fingerprint density at radius 3 is 2.50 bits per heavy atom. The predicted molar refractivity (Wildman–Crippen MR) is 70.7 cm³/mol. The highest BCUT2D eigenvalue weighted by Crippen LogP contribution is 2.19. The van der Waals surface area contributed by atoms with Gasteiger partial charge in [-0.1, -0.05) is 19.1 Å².